The number of nitrogens with two attached hydrogens (primary N) is 1. The molecule has 15 heavy (non-hydrogen) atoms. The van der Waals surface area contributed by atoms with Gasteiger partial charge in [-0.05, 0) is 42.9 Å². The minimum Gasteiger partial charge on any atom is -0.507 e. The van der Waals surface area contributed by atoms with Crippen molar-refractivity contribution in [3.8, 4) is 5.75 Å². The summed E-state index contributed by atoms with van der Waals surface area (Å²) in [6, 6.07) is 4.59. The molecule has 0 saturated heterocycles. The molecule has 5 heteroatoms. The number of hydrogen-bond acceptors (Lipinski definition) is 3. The lowest BCUT2D eigenvalue weighted by molar-refractivity contribution is 0.458. The van der Waals surface area contributed by atoms with Gasteiger partial charge in [0.15, 0.2) is 0 Å². The fourth-order valence-corrected chi connectivity index (χ4v) is 2.24. The lowest BCUT2D eigenvalue weighted by Gasteiger charge is -2.05. The minimum atomic E-state index is -3.82. The van der Waals surface area contributed by atoms with Crippen LogP contribution in [0.3, 0.4) is 0 Å². The van der Waals surface area contributed by atoms with Crippen LogP contribution in [-0.2, 0) is 16.4 Å². The van der Waals surface area contributed by atoms with Crippen LogP contribution in [0.25, 0.3) is 0 Å². The summed E-state index contributed by atoms with van der Waals surface area (Å²) in [5, 5.41) is 14.3. The maximum absolute atomic E-state index is 11.1. The molecule has 1 aromatic rings. The van der Waals surface area contributed by atoms with Crippen molar-refractivity contribution in [1.82, 2.24) is 0 Å². The molecular weight excluding hydrogens is 214 g/mol. The standard InChI is InChI=1S/C10H13NO3S/c11-15(13,14)10-6-8(3-4-9(10)12)5-7-1-2-7/h3-4,6-7,12H,1-2,5H2,(H2,11,13,14). The summed E-state index contributed by atoms with van der Waals surface area (Å²) < 4.78 is 22.3. The molecule has 1 aliphatic rings. The Labute approximate surface area is 88.8 Å². The van der Waals surface area contributed by atoms with Crippen molar-refractivity contribution in [2.45, 2.75) is 24.2 Å². The Kier molecular flexibility index (Phi) is 2.44. The first kappa shape index (κ1) is 10.4. The van der Waals surface area contributed by atoms with Crippen molar-refractivity contribution in [3.05, 3.63) is 23.8 Å². The van der Waals surface area contributed by atoms with Gasteiger partial charge in [-0.15, -0.1) is 0 Å². The van der Waals surface area contributed by atoms with E-state index in [4.69, 9.17) is 5.14 Å². The molecule has 1 fully saturated rings. The van der Waals surface area contributed by atoms with Crippen LogP contribution in [-0.4, -0.2) is 13.5 Å². The van der Waals surface area contributed by atoms with E-state index in [1.807, 2.05) is 0 Å². The smallest absolute Gasteiger partial charge is 0.241 e. The van der Waals surface area contributed by atoms with E-state index in [-0.39, 0.29) is 10.6 Å². The summed E-state index contributed by atoms with van der Waals surface area (Å²) in [6.45, 7) is 0. The fourth-order valence-electron chi connectivity index (χ4n) is 1.57. The summed E-state index contributed by atoms with van der Waals surface area (Å²) in [6.07, 6.45) is 3.26. The van der Waals surface area contributed by atoms with Gasteiger partial charge < -0.3 is 5.11 Å². The molecule has 0 heterocycles. The monoisotopic (exact) mass is 227 g/mol. The second-order valence-electron chi connectivity index (χ2n) is 3.99. The molecule has 1 aliphatic carbocycles. The normalized spacial score (nSPS) is 16.6. The third kappa shape index (κ3) is 2.49. The zero-order valence-electron chi connectivity index (χ0n) is 8.18. The maximum Gasteiger partial charge on any atom is 0.241 e. The number of phenolic OH excluding ortho intramolecular Hbond substituents is 1. The minimum absolute atomic E-state index is 0.180. The number of primary sulfonamides is 1. The maximum atomic E-state index is 11.1. The summed E-state index contributed by atoms with van der Waals surface area (Å²) >= 11 is 0. The summed E-state index contributed by atoms with van der Waals surface area (Å²) in [4.78, 5) is -0.180. The van der Waals surface area contributed by atoms with Crippen LogP contribution in [0.2, 0.25) is 0 Å². The molecular formula is C10H13NO3S. The predicted molar refractivity (Wildman–Crippen MR) is 55.9 cm³/mol. The first-order valence-corrected chi connectivity index (χ1v) is 6.36. The average molecular weight is 227 g/mol. The summed E-state index contributed by atoms with van der Waals surface area (Å²) in [7, 11) is -3.82. The van der Waals surface area contributed by atoms with Gasteiger partial charge in [0.2, 0.25) is 10.0 Å². The third-order valence-corrected chi connectivity index (χ3v) is 3.49. The van der Waals surface area contributed by atoms with Gasteiger partial charge >= 0.3 is 0 Å². The Balaban J connectivity index is 2.35. The van der Waals surface area contributed by atoms with Crippen molar-refractivity contribution in [2.75, 3.05) is 0 Å². The number of hydrogen-bond donors (Lipinski definition) is 2. The molecule has 4 nitrogen and oxygen atoms in total. The Morgan fingerprint density at radius 3 is 2.60 bits per heavy atom. The van der Waals surface area contributed by atoms with E-state index < -0.39 is 10.0 Å². The van der Waals surface area contributed by atoms with Crippen molar-refractivity contribution >= 4 is 10.0 Å². The first-order valence-electron chi connectivity index (χ1n) is 4.81. The quantitative estimate of drug-likeness (QED) is 0.808. The van der Waals surface area contributed by atoms with Crippen molar-refractivity contribution in [3.63, 3.8) is 0 Å². The lowest BCUT2D eigenvalue weighted by Crippen LogP contribution is -2.12. The molecule has 0 unspecified atom stereocenters. The highest BCUT2D eigenvalue weighted by molar-refractivity contribution is 7.89. The number of rotatable bonds is 3. The molecule has 0 atom stereocenters. The van der Waals surface area contributed by atoms with Crippen molar-refractivity contribution in [1.29, 1.82) is 0 Å². The Bertz CT molecular complexity index is 477. The number of benzene rings is 1. The molecule has 82 valence electrons. The molecule has 0 spiro atoms. The SMILES string of the molecule is NS(=O)(=O)c1cc(CC2CC2)ccc1O. The van der Waals surface area contributed by atoms with E-state index in [0.717, 1.165) is 12.0 Å². The van der Waals surface area contributed by atoms with Crippen LogP contribution < -0.4 is 5.14 Å². The van der Waals surface area contributed by atoms with Gasteiger partial charge in [-0.25, -0.2) is 13.6 Å². The molecule has 1 aromatic carbocycles. The summed E-state index contributed by atoms with van der Waals surface area (Å²) in [5.74, 6) is 0.389. The van der Waals surface area contributed by atoms with Crippen LogP contribution in [0.15, 0.2) is 23.1 Å². The van der Waals surface area contributed by atoms with Crippen LogP contribution in [0.1, 0.15) is 18.4 Å². The highest BCUT2D eigenvalue weighted by Gasteiger charge is 2.22. The van der Waals surface area contributed by atoms with Crippen LogP contribution in [0, 0.1) is 5.92 Å². The van der Waals surface area contributed by atoms with Crippen LogP contribution >= 0.6 is 0 Å². The molecule has 2 rings (SSSR count). The molecule has 0 amide bonds. The van der Waals surface area contributed by atoms with Gasteiger partial charge in [-0.1, -0.05) is 6.07 Å². The number of phenols is 1. The van der Waals surface area contributed by atoms with Crippen LogP contribution in [0.5, 0.6) is 5.75 Å². The molecule has 0 bridgehead atoms. The highest BCUT2D eigenvalue weighted by atomic mass is 32.2. The zero-order valence-corrected chi connectivity index (χ0v) is 9.00. The van der Waals surface area contributed by atoms with Gasteiger partial charge in [0, 0.05) is 0 Å². The van der Waals surface area contributed by atoms with Gasteiger partial charge in [-0.2, -0.15) is 0 Å². The molecule has 0 radical (unpaired) electrons. The highest BCUT2D eigenvalue weighted by Crippen LogP contribution is 2.34. The van der Waals surface area contributed by atoms with Crippen molar-refractivity contribution in [2.24, 2.45) is 11.1 Å². The van der Waals surface area contributed by atoms with E-state index in [9.17, 15) is 13.5 Å². The molecule has 1 saturated carbocycles. The van der Waals surface area contributed by atoms with E-state index >= 15 is 0 Å². The third-order valence-electron chi connectivity index (χ3n) is 2.55. The predicted octanol–water partition coefficient (Wildman–Crippen LogP) is 0.992. The Morgan fingerprint density at radius 2 is 2.07 bits per heavy atom. The average Bonchev–Trinajstić information content (AvgIpc) is 2.90. The zero-order chi connectivity index (χ0) is 11.1. The summed E-state index contributed by atoms with van der Waals surface area (Å²) in [5.41, 5.74) is 0.916. The Hall–Kier alpha value is -1.07. The second kappa shape index (κ2) is 3.50. The largest absolute Gasteiger partial charge is 0.507 e. The van der Waals surface area contributed by atoms with Gasteiger partial charge in [0.05, 0.1) is 0 Å². The second-order valence-corrected chi connectivity index (χ2v) is 5.52. The van der Waals surface area contributed by atoms with E-state index in [2.05, 4.69) is 0 Å². The first-order chi connectivity index (χ1) is 6.97. The molecule has 0 aromatic heterocycles. The molecule has 0 aliphatic heterocycles. The van der Waals surface area contributed by atoms with Gasteiger partial charge in [0.25, 0.3) is 0 Å². The van der Waals surface area contributed by atoms with E-state index in [0.29, 0.717) is 5.92 Å². The van der Waals surface area contributed by atoms with Gasteiger partial charge in [-0.3, -0.25) is 0 Å². The topological polar surface area (TPSA) is 80.4 Å². The van der Waals surface area contributed by atoms with E-state index in [1.165, 1.54) is 25.0 Å². The van der Waals surface area contributed by atoms with Crippen LogP contribution in [0.4, 0.5) is 0 Å². The van der Waals surface area contributed by atoms with Crippen molar-refractivity contribution < 1.29 is 13.5 Å². The molecule has 3 N–H and O–H groups in total. The number of sulfonamides is 1. The van der Waals surface area contributed by atoms with Gasteiger partial charge in [0.1, 0.15) is 10.6 Å². The Morgan fingerprint density at radius 1 is 1.40 bits per heavy atom. The lowest BCUT2D eigenvalue weighted by atomic mass is 10.1. The fraction of sp³-hybridized carbons (Fsp3) is 0.400. The van der Waals surface area contributed by atoms with E-state index in [1.54, 1.807) is 6.07 Å². The number of aromatic hydroxyl groups is 1.